The zero-order chi connectivity index (χ0) is 25.1. The predicted octanol–water partition coefficient (Wildman–Crippen LogP) is 4.48. The summed E-state index contributed by atoms with van der Waals surface area (Å²) in [6.07, 6.45) is 0.688. The maximum Gasteiger partial charge on any atom is 0.264 e. The topological polar surface area (TPSA) is 87.7 Å². The third-order valence-electron chi connectivity index (χ3n) is 5.89. The molecule has 1 aliphatic rings. The van der Waals surface area contributed by atoms with E-state index in [9.17, 15) is 13.2 Å². The van der Waals surface area contributed by atoms with Crippen molar-refractivity contribution in [3.63, 3.8) is 0 Å². The molecule has 9 heteroatoms. The monoisotopic (exact) mass is 517 g/mol. The number of sulfonamides is 1. The van der Waals surface area contributed by atoms with Gasteiger partial charge in [-0.1, -0.05) is 48.5 Å². The SMILES string of the molecule is O=C(COc1ccc2ccccc2c1)NC(=S)Nc1ccc(S(=O)(=O)N2CCc3ccccc32)cc1. The van der Waals surface area contributed by atoms with Gasteiger partial charge < -0.3 is 10.1 Å². The van der Waals surface area contributed by atoms with Crippen LogP contribution in [-0.2, 0) is 21.2 Å². The molecule has 0 aliphatic carbocycles. The molecule has 5 rings (SSSR count). The van der Waals surface area contributed by atoms with Gasteiger partial charge in [0.25, 0.3) is 15.9 Å². The van der Waals surface area contributed by atoms with Crippen molar-refractivity contribution in [3.8, 4) is 5.75 Å². The number of ether oxygens (including phenoxy) is 1. The van der Waals surface area contributed by atoms with Gasteiger partial charge in [0, 0.05) is 12.2 Å². The van der Waals surface area contributed by atoms with Crippen LogP contribution in [0, 0.1) is 0 Å². The van der Waals surface area contributed by atoms with Gasteiger partial charge in [0.05, 0.1) is 10.6 Å². The highest BCUT2D eigenvalue weighted by Gasteiger charge is 2.30. The second kappa shape index (κ2) is 9.96. The van der Waals surface area contributed by atoms with Crippen LogP contribution in [0.4, 0.5) is 11.4 Å². The maximum absolute atomic E-state index is 13.1. The van der Waals surface area contributed by atoms with E-state index < -0.39 is 15.9 Å². The fourth-order valence-corrected chi connectivity index (χ4v) is 5.86. The van der Waals surface area contributed by atoms with Crippen molar-refractivity contribution < 1.29 is 17.9 Å². The molecule has 7 nitrogen and oxygen atoms in total. The Morgan fingerprint density at radius 2 is 1.64 bits per heavy atom. The number of amides is 1. The van der Waals surface area contributed by atoms with Gasteiger partial charge in [-0.2, -0.15) is 0 Å². The summed E-state index contributed by atoms with van der Waals surface area (Å²) in [4.78, 5) is 12.4. The molecule has 1 amide bonds. The van der Waals surface area contributed by atoms with E-state index in [1.54, 1.807) is 12.1 Å². The lowest BCUT2D eigenvalue weighted by Gasteiger charge is -2.19. The standard InChI is InChI=1S/C27H23N3O4S2/c31-26(18-34-23-12-9-19-5-1-2-7-21(19)17-23)29-27(35)28-22-10-13-24(14-11-22)36(32,33)30-16-15-20-6-3-4-8-25(20)30/h1-14,17H,15-16,18H2,(H2,28,29,31,35). The number of para-hydroxylation sites is 1. The average Bonchev–Trinajstić information content (AvgIpc) is 3.33. The quantitative estimate of drug-likeness (QED) is 0.367. The minimum absolute atomic E-state index is 0.0891. The summed E-state index contributed by atoms with van der Waals surface area (Å²) in [5, 5.41) is 7.66. The lowest BCUT2D eigenvalue weighted by atomic mass is 10.1. The van der Waals surface area contributed by atoms with E-state index in [1.165, 1.54) is 16.4 Å². The van der Waals surface area contributed by atoms with Crippen molar-refractivity contribution in [2.24, 2.45) is 0 Å². The van der Waals surface area contributed by atoms with E-state index in [0.29, 0.717) is 24.4 Å². The summed E-state index contributed by atoms with van der Waals surface area (Å²) in [5.41, 5.74) is 2.29. The number of nitrogens with zero attached hydrogens (tertiary/aromatic N) is 1. The number of benzene rings is 4. The van der Waals surface area contributed by atoms with Crippen molar-refractivity contribution in [2.45, 2.75) is 11.3 Å². The Kier molecular flexibility index (Phi) is 6.58. The molecule has 0 spiro atoms. The number of nitrogens with one attached hydrogen (secondary N) is 2. The van der Waals surface area contributed by atoms with Crippen LogP contribution in [0.15, 0.2) is 95.9 Å². The molecule has 4 aromatic rings. The van der Waals surface area contributed by atoms with E-state index >= 15 is 0 Å². The first-order valence-corrected chi connectivity index (χ1v) is 13.2. The molecule has 1 aliphatic heterocycles. The largest absolute Gasteiger partial charge is 0.484 e. The van der Waals surface area contributed by atoms with Crippen molar-refractivity contribution in [1.29, 1.82) is 0 Å². The molecular formula is C27H23N3O4S2. The Hall–Kier alpha value is -3.95. The molecule has 0 saturated heterocycles. The fraction of sp³-hybridized carbons (Fsp3) is 0.111. The van der Waals surface area contributed by atoms with Gasteiger partial charge in [0.15, 0.2) is 11.7 Å². The van der Waals surface area contributed by atoms with Crippen LogP contribution in [-0.4, -0.2) is 32.6 Å². The first-order valence-electron chi connectivity index (χ1n) is 11.3. The Morgan fingerprint density at radius 1 is 0.917 bits per heavy atom. The molecule has 4 aromatic carbocycles. The van der Waals surface area contributed by atoms with Crippen LogP contribution < -0.4 is 19.7 Å². The van der Waals surface area contributed by atoms with Gasteiger partial charge in [0.1, 0.15) is 5.75 Å². The molecule has 0 aromatic heterocycles. The summed E-state index contributed by atoms with van der Waals surface area (Å²) >= 11 is 5.22. The minimum atomic E-state index is -3.68. The van der Waals surface area contributed by atoms with Gasteiger partial charge in [0.2, 0.25) is 0 Å². The number of carbonyl (C=O) groups excluding carboxylic acids is 1. The van der Waals surface area contributed by atoms with Crippen LogP contribution in [0.3, 0.4) is 0 Å². The zero-order valence-corrected chi connectivity index (χ0v) is 20.8. The summed E-state index contributed by atoms with van der Waals surface area (Å²) in [6, 6.07) is 27.3. The van der Waals surface area contributed by atoms with Crippen LogP contribution in [0.1, 0.15) is 5.56 Å². The number of thiocarbonyl (C=S) groups is 1. The van der Waals surface area contributed by atoms with Gasteiger partial charge in [-0.3, -0.25) is 14.4 Å². The van der Waals surface area contributed by atoms with Crippen LogP contribution in [0.5, 0.6) is 5.75 Å². The van der Waals surface area contributed by atoms with Crippen LogP contribution in [0.25, 0.3) is 10.8 Å². The van der Waals surface area contributed by atoms with Crippen molar-refractivity contribution in [2.75, 3.05) is 22.8 Å². The van der Waals surface area contributed by atoms with Gasteiger partial charge in [-0.25, -0.2) is 8.42 Å². The molecule has 182 valence electrons. The summed E-state index contributed by atoms with van der Waals surface area (Å²) < 4.78 is 33.3. The van der Waals surface area contributed by atoms with Crippen molar-refractivity contribution in [3.05, 3.63) is 96.6 Å². The minimum Gasteiger partial charge on any atom is -0.484 e. The summed E-state index contributed by atoms with van der Waals surface area (Å²) in [5.74, 6) is 0.174. The molecule has 0 atom stereocenters. The second-order valence-electron chi connectivity index (χ2n) is 8.28. The van der Waals surface area contributed by atoms with Gasteiger partial charge in [-0.15, -0.1) is 0 Å². The van der Waals surface area contributed by atoms with E-state index in [1.807, 2.05) is 66.7 Å². The zero-order valence-electron chi connectivity index (χ0n) is 19.2. The first kappa shape index (κ1) is 23.8. The highest BCUT2D eigenvalue weighted by molar-refractivity contribution is 7.92. The Labute approximate surface area is 214 Å². The number of rotatable bonds is 6. The molecule has 0 radical (unpaired) electrons. The van der Waals surface area contributed by atoms with E-state index in [2.05, 4.69) is 10.6 Å². The number of anilines is 2. The molecule has 0 saturated carbocycles. The van der Waals surface area contributed by atoms with Crippen LogP contribution in [0.2, 0.25) is 0 Å². The molecule has 2 N–H and O–H groups in total. The smallest absolute Gasteiger partial charge is 0.264 e. The maximum atomic E-state index is 13.1. The predicted molar refractivity (Wildman–Crippen MR) is 145 cm³/mol. The van der Waals surface area contributed by atoms with Crippen LogP contribution >= 0.6 is 12.2 Å². The van der Waals surface area contributed by atoms with Gasteiger partial charge >= 0.3 is 0 Å². The highest BCUT2D eigenvalue weighted by atomic mass is 32.2. The lowest BCUT2D eigenvalue weighted by molar-refractivity contribution is -0.121. The Bertz CT molecular complexity index is 1550. The normalized spacial score (nSPS) is 12.7. The molecule has 0 unspecified atom stereocenters. The molecule has 0 fully saturated rings. The third kappa shape index (κ3) is 5.02. The molecule has 0 bridgehead atoms. The Balaban J connectivity index is 1.16. The molecule has 36 heavy (non-hydrogen) atoms. The molecular weight excluding hydrogens is 494 g/mol. The summed E-state index contributed by atoms with van der Waals surface area (Å²) in [6.45, 7) is 0.216. The summed E-state index contributed by atoms with van der Waals surface area (Å²) in [7, 11) is -3.68. The second-order valence-corrected chi connectivity index (χ2v) is 10.6. The van der Waals surface area contributed by atoms with Crippen molar-refractivity contribution in [1.82, 2.24) is 5.32 Å². The van der Waals surface area contributed by atoms with E-state index in [4.69, 9.17) is 17.0 Å². The Morgan fingerprint density at radius 3 is 2.44 bits per heavy atom. The van der Waals surface area contributed by atoms with E-state index in [-0.39, 0.29) is 16.6 Å². The number of fused-ring (bicyclic) bond motifs is 2. The van der Waals surface area contributed by atoms with E-state index in [0.717, 1.165) is 22.0 Å². The number of hydrogen-bond acceptors (Lipinski definition) is 5. The van der Waals surface area contributed by atoms with Crippen molar-refractivity contribution >= 4 is 55.4 Å². The fourth-order valence-electron chi connectivity index (χ4n) is 4.13. The lowest BCUT2D eigenvalue weighted by Crippen LogP contribution is -2.37. The molecule has 1 heterocycles. The van der Waals surface area contributed by atoms with Gasteiger partial charge in [-0.05, 0) is 77.4 Å². The highest BCUT2D eigenvalue weighted by Crippen LogP contribution is 2.32. The number of hydrogen-bond donors (Lipinski definition) is 2. The number of carbonyl (C=O) groups is 1. The average molecular weight is 518 g/mol. The first-order chi connectivity index (χ1) is 17.4. The third-order valence-corrected chi connectivity index (χ3v) is 7.92.